The zero-order valence-corrected chi connectivity index (χ0v) is 28.7. The summed E-state index contributed by atoms with van der Waals surface area (Å²) in [6.07, 6.45) is 4.56. The molecule has 0 fully saturated rings. The van der Waals surface area contributed by atoms with Crippen molar-refractivity contribution in [1.82, 2.24) is 0 Å². The largest absolute Gasteiger partial charge is 0.241 e. The van der Waals surface area contributed by atoms with Gasteiger partial charge in [-0.25, -0.2) is 0 Å². The summed E-state index contributed by atoms with van der Waals surface area (Å²) in [4.78, 5) is 0. The van der Waals surface area contributed by atoms with Crippen LogP contribution >= 0.6 is 0 Å². The minimum absolute atomic E-state index is 0.00577. The molecule has 0 amide bonds. The zero-order valence-electron chi connectivity index (χ0n) is 28.7. The standard InChI is InChI=1S/C48H39B/c1-47(2)43-17-11-10-16-39(43)40-25-20-32(28-44(40)47)18-19-33-21-26-41-42-27-24-38(31-46(42)48(3,4)45(41)29-33)49(36-14-6-5-7-15-36)37-23-22-34-12-8-9-13-35(34)30-37/h5-31H,1-4H3/b19-18+. The van der Waals surface area contributed by atoms with E-state index < -0.39 is 0 Å². The third kappa shape index (κ3) is 4.75. The fraction of sp³-hybridized carbons (Fsp3) is 0.125. The van der Waals surface area contributed by atoms with Gasteiger partial charge in [0.25, 0.3) is 0 Å². The van der Waals surface area contributed by atoms with Gasteiger partial charge in [0.1, 0.15) is 0 Å². The lowest BCUT2D eigenvalue weighted by Gasteiger charge is -2.24. The van der Waals surface area contributed by atoms with Crippen LogP contribution in [0.2, 0.25) is 0 Å². The van der Waals surface area contributed by atoms with Gasteiger partial charge in [-0.15, -0.1) is 0 Å². The van der Waals surface area contributed by atoms with Gasteiger partial charge in [-0.1, -0.05) is 208 Å². The lowest BCUT2D eigenvalue weighted by Crippen LogP contribution is -2.52. The Hall–Kier alpha value is -5.40. The van der Waals surface area contributed by atoms with Crippen LogP contribution in [-0.4, -0.2) is 6.71 Å². The average Bonchev–Trinajstić information content (AvgIpc) is 3.50. The van der Waals surface area contributed by atoms with Gasteiger partial charge in [0.15, 0.2) is 0 Å². The maximum absolute atomic E-state index is 2.49. The third-order valence-electron chi connectivity index (χ3n) is 11.4. The van der Waals surface area contributed by atoms with Gasteiger partial charge >= 0.3 is 0 Å². The topological polar surface area (TPSA) is 0 Å². The van der Waals surface area contributed by atoms with Crippen molar-refractivity contribution >= 4 is 46.0 Å². The molecule has 0 radical (unpaired) electrons. The smallest absolute Gasteiger partial charge is 0.0687 e. The second-order valence-electron chi connectivity index (χ2n) is 15.0. The van der Waals surface area contributed by atoms with Crippen LogP contribution in [0.1, 0.15) is 61.1 Å². The van der Waals surface area contributed by atoms with Crippen LogP contribution < -0.4 is 16.4 Å². The molecular weight excluding hydrogens is 587 g/mol. The number of benzene rings is 7. The molecular formula is C48H39B. The molecule has 0 bridgehead atoms. The number of fused-ring (bicyclic) bond motifs is 7. The van der Waals surface area contributed by atoms with Crippen LogP contribution in [0, 0.1) is 0 Å². The molecule has 7 aromatic carbocycles. The van der Waals surface area contributed by atoms with E-state index in [1.165, 1.54) is 82.8 Å². The van der Waals surface area contributed by atoms with Crippen LogP contribution in [0.5, 0.6) is 0 Å². The van der Waals surface area contributed by atoms with Crippen LogP contribution in [0.15, 0.2) is 152 Å². The summed E-state index contributed by atoms with van der Waals surface area (Å²) in [6, 6.07) is 56.7. The molecule has 0 spiro atoms. The van der Waals surface area contributed by atoms with Crippen molar-refractivity contribution in [2.75, 3.05) is 0 Å². The Morgan fingerprint density at radius 2 is 0.857 bits per heavy atom. The Bertz CT molecular complexity index is 2440. The Labute approximate surface area is 290 Å². The molecule has 1 heteroatoms. The predicted octanol–water partition coefficient (Wildman–Crippen LogP) is 10.1. The highest BCUT2D eigenvalue weighted by Gasteiger charge is 2.37. The van der Waals surface area contributed by atoms with Crippen LogP contribution in [0.4, 0.5) is 0 Å². The summed E-state index contributed by atoms with van der Waals surface area (Å²) >= 11 is 0. The highest BCUT2D eigenvalue weighted by atomic mass is 14.4. The lowest BCUT2D eigenvalue weighted by atomic mass is 9.36. The quantitative estimate of drug-likeness (QED) is 0.132. The van der Waals surface area contributed by atoms with Crippen LogP contribution in [-0.2, 0) is 10.8 Å². The van der Waals surface area contributed by atoms with Gasteiger partial charge in [-0.2, -0.15) is 0 Å². The highest BCUT2D eigenvalue weighted by Crippen LogP contribution is 2.50. The van der Waals surface area contributed by atoms with Crippen molar-refractivity contribution in [3.05, 3.63) is 185 Å². The first-order valence-corrected chi connectivity index (χ1v) is 17.5. The predicted molar refractivity (Wildman–Crippen MR) is 212 cm³/mol. The van der Waals surface area contributed by atoms with Crippen molar-refractivity contribution in [3.63, 3.8) is 0 Å². The molecule has 0 heterocycles. The third-order valence-corrected chi connectivity index (χ3v) is 11.4. The van der Waals surface area contributed by atoms with Gasteiger partial charge < -0.3 is 0 Å². The maximum Gasteiger partial charge on any atom is 0.241 e. The van der Waals surface area contributed by atoms with Crippen molar-refractivity contribution in [2.45, 2.75) is 38.5 Å². The first kappa shape index (κ1) is 29.7. The molecule has 7 aromatic rings. The molecule has 9 rings (SSSR count). The fourth-order valence-corrected chi connectivity index (χ4v) is 8.68. The molecule has 0 aromatic heterocycles. The van der Waals surface area contributed by atoms with E-state index >= 15 is 0 Å². The van der Waals surface area contributed by atoms with E-state index in [1.54, 1.807) is 0 Å². The zero-order chi connectivity index (χ0) is 33.3. The Morgan fingerprint density at radius 3 is 1.55 bits per heavy atom. The van der Waals surface area contributed by atoms with Crippen molar-refractivity contribution in [3.8, 4) is 22.3 Å². The number of hydrogen-bond donors (Lipinski definition) is 0. The van der Waals surface area contributed by atoms with E-state index in [4.69, 9.17) is 0 Å². The minimum atomic E-state index is -0.113. The monoisotopic (exact) mass is 626 g/mol. The number of hydrogen-bond acceptors (Lipinski definition) is 0. The van der Waals surface area contributed by atoms with Crippen molar-refractivity contribution < 1.29 is 0 Å². The summed E-state index contributed by atoms with van der Waals surface area (Å²) in [5.74, 6) is 0. The lowest BCUT2D eigenvalue weighted by molar-refractivity contribution is 0.660. The van der Waals surface area contributed by atoms with E-state index in [9.17, 15) is 0 Å². The van der Waals surface area contributed by atoms with E-state index in [0.29, 0.717) is 0 Å². The summed E-state index contributed by atoms with van der Waals surface area (Å²) in [6.45, 7) is 9.63. The maximum atomic E-state index is 2.49. The highest BCUT2D eigenvalue weighted by molar-refractivity contribution is 6.95. The summed E-state index contributed by atoms with van der Waals surface area (Å²) < 4.78 is 0. The van der Waals surface area contributed by atoms with Crippen LogP contribution in [0.25, 0.3) is 45.2 Å². The van der Waals surface area contributed by atoms with Gasteiger partial charge in [-0.3, -0.25) is 0 Å². The van der Waals surface area contributed by atoms with Crippen LogP contribution in [0.3, 0.4) is 0 Å². The molecule has 0 N–H and O–H groups in total. The second-order valence-corrected chi connectivity index (χ2v) is 15.0. The average molecular weight is 627 g/mol. The van der Waals surface area contributed by atoms with E-state index in [0.717, 1.165) is 0 Å². The minimum Gasteiger partial charge on any atom is -0.0687 e. The molecule has 49 heavy (non-hydrogen) atoms. The molecule has 0 atom stereocenters. The summed E-state index contributed by atoms with van der Waals surface area (Å²) in [7, 11) is 0. The SMILES string of the molecule is CC1(C)c2ccccc2-c2ccc(/C=C/c3ccc4c(c3)C(C)(C)c3cc(B(c5ccccc5)c5ccc6ccccc6c5)ccc3-4)cc21. The second kappa shape index (κ2) is 11.1. The van der Waals surface area contributed by atoms with E-state index in [-0.39, 0.29) is 17.5 Å². The molecule has 0 saturated heterocycles. The molecule has 2 aliphatic rings. The van der Waals surface area contributed by atoms with Crippen molar-refractivity contribution in [1.29, 1.82) is 0 Å². The van der Waals surface area contributed by atoms with Gasteiger partial charge in [0.2, 0.25) is 6.71 Å². The Kier molecular flexibility index (Phi) is 6.72. The van der Waals surface area contributed by atoms with Crippen molar-refractivity contribution in [2.24, 2.45) is 0 Å². The molecule has 0 aliphatic heterocycles. The molecule has 0 unspecified atom stereocenters. The summed E-state index contributed by atoms with van der Waals surface area (Å²) in [5, 5.41) is 2.56. The molecule has 0 nitrogen and oxygen atoms in total. The normalized spacial score (nSPS) is 14.8. The Morgan fingerprint density at radius 1 is 0.367 bits per heavy atom. The fourth-order valence-electron chi connectivity index (χ4n) is 8.68. The van der Waals surface area contributed by atoms with E-state index in [1.807, 2.05) is 0 Å². The molecule has 234 valence electrons. The van der Waals surface area contributed by atoms with E-state index in [2.05, 4.69) is 192 Å². The first-order chi connectivity index (χ1) is 23.8. The number of rotatable bonds is 5. The van der Waals surface area contributed by atoms with Gasteiger partial charge in [0, 0.05) is 10.8 Å². The molecule has 2 aliphatic carbocycles. The van der Waals surface area contributed by atoms with Gasteiger partial charge in [0.05, 0.1) is 0 Å². The van der Waals surface area contributed by atoms with Gasteiger partial charge in [-0.05, 0) is 66.4 Å². The summed E-state index contributed by atoms with van der Waals surface area (Å²) in [5.41, 5.74) is 17.4. The Balaban J connectivity index is 1.06. The molecule has 0 saturated carbocycles. The first-order valence-electron chi connectivity index (χ1n) is 17.5.